The van der Waals surface area contributed by atoms with Gasteiger partial charge in [-0.2, -0.15) is 0 Å². The van der Waals surface area contributed by atoms with Crippen molar-refractivity contribution in [1.82, 2.24) is 4.31 Å². The topological polar surface area (TPSA) is 70.9 Å². The maximum atomic E-state index is 12.1. The number of benzene rings is 1. The van der Waals surface area contributed by atoms with Gasteiger partial charge in [0.2, 0.25) is 10.0 Å². The van der Waals surface area contributed by atoms with E-state index in [0.29, 0.717) is 12.2 Å². The second-order valence-corrected chi connectivity index (χ2v) is 8.35. The number of nitrogens with one attached hydrogen (secondary N) is 2. The first-order chi connectivity index (χ1) is 10.9. The number of carbonyl (C=O) groups is 1. The predicted octanol–water partition coefficient (Wildman–Crippen LogP) is 0.334. The summed E-state index contributed by atoms with van der Waals surface area (Å²) in [6.45, 7) is 2.57. The highest BCUT2D eigenvalue weighted by molar-refractivity contribution is 7.89. The molecule has 0 aromatic heterocycles. The Morgan fingerprint density at radius 2 is 1.65 bits per heavy atom. The summed E-state index contributed by atoms with van der Waals surface area (Å²) in [5.41, 5.74) is 0.627. The highest BCUT2D eigenvalue weighted by Crippen LogP contribution is 2.16. The molecule has 2 rings (SSSR count). The van der Waals surface area contributed by atoms with Gasteiger partial charge in [-0.15, -0.1) is 0 Å². The number of nitrogens with zero attached hydrogens (tertiary/aromatic N) is 1. The number of likely N-dealkylation sites (tertiary alicyclic amines) is 1. The van der Waals surface area contributed by atoms with Crippen molar-refractivity contribution in [1.29, 1.82) is 0 Å². The van der Waals surface area contributed by atoms with Crippen LogP contribution in [0.1, 0.15) is 25.7 Å². The van der Waals surface area contributed by atoms with Crippen molar-refractivity contribution in [3.05, 3.63) is 24.3 Å². The van der Waals surface area contributed by atoms with Crippen LogP contribution in [-0.2, 0) is 14.8 Å². The molecule has 0 atom stereocenters. The Morgan fingerprint density at radius 3 is 2.17 bits per heavy atom. The fourth-order valence-corrected chi connectivity index (χ4v) is 3.66. The summed E-state index contributed by atoms with van der Waals surface area (Å²) >= 11 is 0. The van der Waals surface area contributed by atoms with Gasteiger partial charge in [-0.1, -0.05) is 0 Å². The number of rotatable bonds is 5. The molecule has 1 saturated heterocycles. The third-order valence-corrected chi connectivity index (χ3v) is 5.97. The summed E-state index contributed by atoms with van der Waals surface area (Å²) in [7, 11) is -0.442. The van der Waals surface area contributed by atoms with Crippen LogP contribution < -0.4 is 10.2 Å². The van der Waals surface area contributed by atoms with Crippen molar-refractivity contribution in [3.63, 3.8) is 0 Å². The fourth-order valence-electron chi connectivity index (χ4n) is 2.76. The molecule has 0 bridgehead atoms. The zero-order valence-corrected chi connectivity index (χ0v) is 14.7. The van der Waals surface area contributed by atoms with E-state index in [4.69, 9.17) is 0 Å². The zero-order valence-electron chi connectivity index (χ0n) is 13.8. The Kier molecular flexibility index (Phi) is 6.15. The molecule has 7 heteroatoms. The van der Waals surface area contributed by atoms with Crippen LogP contribution in [-0.4, -0.2) is 52.4 Å². The highest BCUT2D eigenvalue weighted by Gasteiger charge is 2.18. The Bertz CT molecular complexity index is 618. The van der Waals surface area contributed by atoms with Gasteiger partial charge in [-0.3, -0.25) is 4.79 Å². The molecule has 0 spiro atoms. The van der Waals surface area contributed by atoms with E-state index in [-0.39, 0.29) is 10.8 Å². The summed E-state index contributed by atoms with van der Waals surface area (Å²) < 4.78 is 25.2. The van der Waals surface area contributed by atoms with Crippen LogP contribution >= 0.6 is 0 Å². The van der Waals surface area contributed by atoms with Gasteiger partial charge in [0.05, 0.1) is 18.0 Å². The van der Waals surface area contributed by atoms with E-state index in [1.807, 2.05) is 0 Å². The van der Waals surface area contributed by atoms with Crippen molar-refractivity contribution in [2.45, 2.75) is 30.6 Å². The molecule has 0 unspecified atom stereocenters. The van der Waals surface area contributed by atoms with Crippen LogP contribution in [0, 0.1) is 0 Å². The minimum Gasteiger partial charge on any atom is -0.327 e. The van der Waals surface area contributed by atoms with Gasteiger partial charge in [0, 0.05) is 19.8 Å². The van der Waals surface area contributed by atoms with E-state index >= 15 is 0 Å². The van der Waals surface area contributed by atoms with E-state index in [1.165, 1.54) is 61.1 Å². The van der Waals surface area contributed by atoms with Crippen LogP contribution in [0.15, 0.2) is 29.2 Å². The van der Waals surface area contributed by atoms with E-state index in [9.17, 15) is 13.2 Å². The number of quaternary nitrogens is 1. The third-order valence-electron chi connectivity index (χ3n) is 4.14. The first-order valence-electron chi connectivity index (χ1n) is 8.05. The minimum atomic E-state index is -3.43. The fraction of sp³-hybridized carbons (Fsp3) is 0.562. The molecule has 0 saturated carbocycles. The number of anilines is 1. The van der Waals surface area contributed by atoms with E-state index < -0.39 is 10.0 Å². The van der Waals surface area contributed by atoms with E-state index in [1.54, 1.807) is 12.1 Å². The lowest BCUT2D eigenvalue weighted by atomic mass is 10.2. The van der Waals surface area contributed by atoms with Crippen molar-refractivity contribution < 1.29 is 18.1 Å². The van der Waals surface area contributed by atoms with Crippen LogP contribution in [0.2, 0.25) is 0 Å². The van der Waals surface area contributed by atoms with Gasteiger partial charge < -0.3 is 10.2 Å². The van der Waals surface area contributed by atoms with Crippen molar-refractivity contribution in [2.24, 2.45) is 0 Å². The maximum Gasteiger partial charge on any atom is 0.279 e. The Balaban J connectivity index is 1.94. The molecule has 128 valence electrons. The number of hydrogen-bond acceptors (Lipinski definition) is 3. The summed E-state index contributed by atoms with van der Waals surface area (Å²) in [6.07, 6.45) is 4.87. The Labute approximate surface area is 138 Å². The van der Waals surface area contributed by atoms with Crippen molar-refractivity contribution in [2.75, 3.05) is 39.0 Å². The minimum absolute atomic E-state index is 0.0230. The van der Waals surface area contributed by atoms with E-state index in [0.717, 1.165) is 13.1 Å². The molecule has 1 fully saturated rings. The third kappa shape index (κ3) is 5.02. The summed E-state index contributed by atoms with van der Waals surface area (Å²) in [5, 5.41) is 2.85. The molecular formula is C16H26N3O3S+. The van der Waals surface area contributed by atoms with Gasteiger partial charge in [-0.05, 0) is 49.9 Å². The SMILES string of the molecule is CN(C)S(=O)(=O)c1ccc(NC(=O)C[NH+]2CCCCCC2)cc1. The number of amides is 1. The Morgan fingerprint density at radius 1 is 1.09 bits per heavy atom. The first kappa shape index (κ1) is 17.9. The number of hydrogen-bond donors (Lipinski definition) is 2. The predicted molar refractivity (Wildman–Crippen MR) is 90.0 cm³/mol. The van der Waals surface area contributed by atoms with Gasteiger partial charge >= 0.3 is 0 Å². The molecule has 1 heterocycles. The molecule has 1 amide bonds. The summed E-state index contributed by atoms with van der Waals surface area (Å²) in [4.78, 5) is 13.7. The van der Waals surface area contributed by atoms with Gasteiger partial charge in [0.1, 0.15) is 0 Å². The molecular weight excluding hydrogens is 314 g/mol. The standard InChI is InChI=1S/C16H25N3O3S/c1-18(2)23(21,22)15-9-7-14(8-10-15)17-16(20)13-19-11-5-3-4-6-12-19/h7-10H,3-6,11-13H2,1-2H3,(H,17,20)/p+1. The molecule has 0 aliphatic carbocycles. The van der Waals surface area contributed by atoms with Crippen molar-refractivity contribution >= 4 is 21.6 Å². The van der Waals surface area contributed by atoms with Gasteiger partial charge in [-0.25, -0.2) is 12.7 Å². The first-order valence-corrected chi connectivity index (χ1v) is 9.49. The molecule has 23 heavy (non-hydrogen) atoms. The molecule has 0 radical (unpaired) electrons. The summed E-state index contributed by atoms with van der Waals surface area (Å²) in [5.74, 6) is -0.0230. The maximum absolute atomic E-state index is 12.1. The van der Waals surface area contributed by atoms with E-state index in [2.05, 4.69) is 5.32 Å². The lowest BCUT2D eigenvalue weighted by molar-refractivity contribution is -0.890. The molecule has 2 N–H and O–H groups in total. The van der Waals surface area contributed by atoms with Crippen LogP contribution in [0.25, 0.3) is 0 Å². The molecule has 1 aromatic carbocycles. The lowest BCUT2D eigenvalue weighted by Gasteiger charge is -2.16. The second kappa shape index (κ2) is 7.90. The number of carbonyl (C=O) groups excluding carboxylic acids is 1. The average Bonchev–Trinajstić information content (AvgIpc) is 2.76. The summed E-state index contributed by atoms with van der Waals surface area (Å²) in [6, 6.07) is 6.30. The highest BCUT2D eigenvalue weighted by atomic mass is 32.2. The second-order valence-electron chi connectivity index (χ2n) is 6.20. The van der Waals surface area contributed by atoms with Crippen LogP contribution in [0.3, 0.4) is 0 Å². The molecule has 1 aliphatic rings. The largest absolute Gasteiger partial charge is 0.327 e. The smallest absolute Gasteiger partial charge is 0.279 e. The van der Waals surface area contributed by atoms with Crippen LogP contribution in [0.5, 0.6) is 0 Å². The van der Waals surface area contributed by atoms with Gasteiger partial charge in [0.25, 0.3) is 5.91 Å². The molecule has 1 aliphatic heterocycles. The van der Waals surface area contributed by atoms with Crippen molar-refractivity contribution in [3.8, 4) is 0 Å². The Hall–Kier alpha value is -1.44. The zero-order chi connectivity index (χ0) is 16.9. The normalized spacial score (nSPS) is 17.0. The quantitative estimate of drug-likeness (QED) is 0.812. The van der Waals surface area contributed by atoms with Gasteiger partial charge in [0.15, 0.2) is 6.54 Å². The number of sulfonamides is 1. The van der Waals surface area contributed by atoms with Crippen LogP contribution in [0.4, 0.5) is 5.69 Å². The lowest BCUT2D eigenvalue weighted by Crippen LogP contribution is -3.12. The molecule has 6 nitrogen and oxygen atoms in total. The average molecular weight is 340 g/mol. The monoisotopic (exact) mass is 340 g/mol. The molecule has 1 aromatic rings.